The van der Waals surface area contributed by atoms with Crippen LogP contribution in [-0.2, 0) is 15.5 Å². The van der Waals surface area contributed by atoms with E-state index >= 15 is 8.78 Å². The van der Waals surface area contributed by atoms with Crippen molar-refractivity contribution >= 4 is 17.5 Å². The van der Waals surface area contributed by atoms with Crippen LogP contribution in [0, 0.1) is 18.6 Å². The first kappa shape index (κ1) is 22.4. The Kier molecular flexibility index (Phi) is 5.61. The molecule has 2 N–H and O–H groups in total. The molecular weight excluding hydrogens is 442 g/mol. The molecule has 0 saturated heterocycles. The molecule has 6 nitrogen and oxygen atoms in total. The van der Waals surface area contributed by atoms with Crippen LogP contribution < -0.4 is 10.6 Å². The summed E-state index contributed by atoms with van der Waals surface area (Å²) >= 11 is 0. The normalized spacial score (nSPS) is 15.7. The van der Waals surface area contributed by atoms with Crippen molar-refractivity contribution in [1.82, 2.24) is 10.2 Å². The van der Waals surface area contributed by atoms with Crippen molar-refractivity contribution in [3.63, 3.8) is 0 Å². The zero-order valence-corrected chi connectivity index (χ0v) is 17.5. The summed E-state index contributed by atoms with van der Waals surface area (Å²) in [5, 5.41) is 5.29. The van der Waals surface area contributed by atoms with Gasteiger partial charge in [0.05, 0.1) is 17.8 Å². The summed E-state index contributed by atoms with van der Waals surface area (Å²) in [6, 6.07) is 6.18. The van der Waals surface area contributed by atoms with E-state index in [1.54, 1.807) is 0 Å². The van der Waals surface area contributed by atoms with E-state index < -0.39 is 34.9 Å². The summed E-state index contributed by atoms with van der Waals surface area (Å²) in [6.07, 6.45) is 0.248. The number of halogens is 4. The van der Waals surface area contributed by atoms with Crippen molar-refractivity contribution in [2.24, 2.45) is 0 Å². The lowest BCUT2D eigenvalue weighted by molar-refractivity contribution is -0.159. The van der Waals surface area contributed by atoms with E-state index in [4.69, 9.17) is 4.74 Å². The molecule has 0 spiro atoms. The van der Waals surface area contributed by atoms with Crippen LogP contribution in [0.15, 0.2) is 60.3 Å². The molecule has 0 aliphatic carbocycles. The monoisotopic (exact) mass is 461 g/mol. The third kappa shape index (κ3) is 4.28. The minimum Gasteiger partial charge on any atom is -0.442 e. The lowest BCUT2D eigenvalue weighted by Gasteiger charge is -2.30. The molecule has 0 saturated carbocycles. The number of carbonyl (C=O) groups excluding carboxylic acids is 2. The fourth-order valence-electron chi connectivity index (χ4n) is 3.62. The van der Waals surface area contributed by atoms with Crippen LogP contribution in [0.4, 0.5) is 23.2 Å². The largest absolute Gasteiger partial charge is 0.442 e. The Hall–Kier alpha value is -3.82. The highest BCUT2D eigenvalue weighted by Crippen LogP contribution is 2.35. The number of anilines is 1. The van der Waals surface area contributed by atoms with Gasteiger partial charge < -0.3 is 20.3 Å². The molecule has 0 fully saturated rings. The molecule has 4 rings (SSSR count). The number of hydrogen-bond acceptors (Lipinski definition) is 4. The first-order chi connectivity index (χ1) is 15.6. The number of amides is 2. The van der Waals surface area contributed by atoms with Gasteiger partial charge in [-0.1, -0.05) is 0 Å². The fourth-order valence-corrected chi connectivity index (χ4v) is 3.62. The Labute approximate surface area is 186 Å². The molecule has 0 atom stereocenters. The Morgan fingerprint density at radius 3 is 2.61 bits per heavy atom. The summed E-state index contributed by atoms with van der Waals surface area (Å²) in [4.78, 5) is 26.0. The quantitative estimate of drug-likeness (QED) is 0.672. The molecule has 0 bridgehead atoms. The van der Waals surface area contributed by atoms with E-state index in [1.807, 2.05) is 0 Å². The second-order valence-corrected chi connectivity index (χ2v) is 7.72. The van der Waals surface area contributed by atoms with Gasteiger partial charge in [0.1, 0.15) is 17.4 Å². The molecule has 2 aliphatic rings. The zero-order valence-electron chi connectivity index (χ0n) is 17.5. The Bertz CT molecular complexity index is 1210. The smallest absolute Gasteiger partial charge is 0.352 e. The molecule has 2 aromatic rings. The average Bonchev–Trinajstić information content (AvgIpc) is 3.15. The number of rotatable bonds is 4. The minimum atomic E-state index is -4.23. The van der Waals surface area contributed by atoms with Gasteiger partial charge in [0, 0.05) is 24.2 Å². The van der Waals surface area contributed by atoms with Crippen LogP contribution in [0.25, 0.3) is 0 Å². The number of benzene rings is 2. The number of aryl methyl sites for hydroxylation is 1. The van der Waals surface area contributed by atoms with Crippen molar-refractivity contribution in [3.8, 4) is 0 Å². The number of carbonyl (C=O) groups is 2. The Morgan fingerprint density at radius 1 is 1.15 bits per heavy atom. The van der Waals surface area contributed by atoms with Gasteiger partial charge in [0.25, 0.3) is 11.8 Å². The Balaban J connectivity index is 1.55. The topological polar surface area (TPSA) is 70.7 Å². The Morgan fingerprint density at radius 2 is 1.88 bits per heavy atom. The van der Waals surface area contributed by atoms with E-state index in [0.717, 1.165) is 17.0 Å². The van der Waals surface area contributed by atoms with Crippen LogP contribution in [0.1, 0.15) is 27.9 Å². The molecule has 0 unspecified atom stereocenters. The standard InChI is InChI=1S/C23H19F4N3O3/c1-12-9-15(4-6-17(12)24)29-21(31)14-3-5-18(25)16(10-14)23(26,27)22(32)30-8-7-19-20(11-30)33-13(2)28-19/h3-6,9-10,28H,2,7-8,11H2,1H3,(H,29,31). The maximum atomic E-state index is 15.1. The summed E-state index contributed by atoms with van der Waals surface area (Å²) < 4.78 is 63.3. The molecule has 172 valence electrons. The van der Waals surface area contributed by atoms with Gasteiger partial charge in [0.15, 0.2) is 5.88 Å². The van der Waals surface area contributed by atoms with Gasteiger partial charge >= 0.3 is 5.92 Å². The van der Waals surface area contributed by atoms with Crippen LogP contribution in [0.3, 0.4) is 0 Å². The molecule has 2 amide bonds. The third-order valence-corrected chi connectivity index (χ3v) is 5.38. The van der Waals surface area contributed by atoms with Gasteiger partial charge in [-0.05, 0) is 55.5 Å². The highest BCUT2D eigenvalue weighted by atomic mass is 19.3. The molecule has 2 aromatic carbocycles. The van der Waals surface area contributed by atoms with E-state index in [1.165, 1.54) is 19.1 Å². The number of ether oxygens (including phenoxy) is 1. The second-order valence-electron chi connectivity index (χ2n) is 7.72. The van der Waals surface area contributed by atoms with Crippen LogP contribution in [0.2, 0.25) is 0 Å². The van der Waals surface area contributed by atoms with Gasteiger partial charge in [-0.3, -0.25) is 9.59 Å². The molecule has 0 aromatic heterocycles. The van der Waals surface area contributed by atoms with Crippen molar-refractivity contribution in [2.75, 3.05) is 18.4 Å². The van der Waals surface area contributed by atoms with E-state index in [9.17, 15) is 18.4 Å². The molecule has 10 heteroatoms. The zero-order chi connectivity index (χ0) is 23.9. The minimum absolute atomic E-state index is 0.0252. The first-order valence-electron chi connectivity index (χ1n) is 9.97. The highest BCUT2D eigenvalue weighted by Gasteiger charge is 2.47. The highest BCUT2D eigenvalue weighted by molar-refractivity contribution is 6.04. The van der Waals surface area contributed by atoms with Crippen molar-refractivity contribution in [2.45, 2.75) is 19.3 Å². The summed E-state index contributed by atoms with van der Waals surface area (Å²) in [6.45, 7) is 4.84. The van der Waals surface area contributed by atoms with Crippen molar-refractivity contribution < 1.29 is 31.9 Å². The van der Waals surface area contributed by atoms with Crippen molar-refractivity contribution in [1.29, 1.82) is 0 Å². The summed E-state index contributed by atoms with van der Waals surface area (Å²) in [5.41, 5.74) is -0.339. The molecule has 2 aliphatic heterocycles. The van der Waals surface area contributed by atoms with Gasteiger partial charge in [-0.2, -0.15) is 8.78 Å². The average molecular weight is 461 g/mol. The van der Waals surface area contributed by atoms with Crippen LogP contribution in [-0.4, -0.2) is 29.8 Å². The molecule has 2 heterocycles. The number of nitrogens with zero attached hydrogens (tertiary/aromatic N) is 1. The van der Waals surface area contributed by atoms with Gasteiger partial charge in [-0.25, -0.2) is 8.78 Å². The predicted octanol–water partition coefficient (Wildman–Crippen LogP) is 4.15. The fraction of sp³-hybridized carbons (Fsp3) is 0.217. The predicted molar refractivity (Wildman–Crippen MR) is 111 cm³/mol. The van der Waals surface area contributed by atoms with Crippen LogP contribution >= 0.6 is 0 Å². The summed E-state index contributed by atoms with van der Waals surface area (Å²) in [5.74, 6) is -7.91. The number of hydrogen-bond donors (Lipinski definition) is 2. The van der Waals surface area contributed by atoms with Gasteiger partial charge in [-0.15, -0.1) is 0 Å². The van der Waals surface area contributed by atoms with E-state index in [2.05, 4.69) is 17.2 Å². The molecular formula is C23H19F4N3O3. The lowest BCUT2D eigenvalue weighted by Crippen LogP contribution is -2.45. The molecule has 0 radical (unpaired) electrons. The molecule has 33 heavy (non-hydrogen) atoms. The maximum absolute atomic E-state index is 15.1. The SMILES string of the molecule is C=C1NC2=C(CN(C(=O)C(F)(F)c3cc(C(=O)Nc4ccc(F)c(C)c4)ccc3F)CC2)O1. The van der Waals surface area contributed by atoms with Crippen molar-refractivity contribution in [3.05, 3.63) is 88.6 Å². The number of alkyl halides is 2. The first-order valence-corrected chi connectivity index (χ1v) is 9.97. The van der Waals surface area contributed by atoms with E-state index in [0.29, 0.717) is 23.6 Å². The lowest BCUT2D eigenvalue weighted by atomic mass is 10.0. The number of nitrogens with one attached hydrogen (secondary N) is 2. The van der Waals surface area contributed by atoms with Crippen LogP contribution in [0.5, 0.6) is 0 Å². The third-order valence-electron chi connectivity index (χ3n) is 5.38. The van der Waals surface area contributed by atoms with E-state index in [-0.39, 0.29) is 42.2 Å². The summed E-state index contributed by atoms with van der Waals surface area (Å²) in [7, 11) is 0. The maximum Gasteiger partial charge on any atom is 0.352 e. The van der Waals surface area contributed by atoms with Gasteiger partial charge in [0.2, 0.25) is 0 Å². The second kappa shape index (κ2) is 8.27.